The highest BCUT2D eigenvalue weighted by Crippen LogP contribution is 2.37. The fourth-order valence-corrected chi connectivity index (χ4v) is 4.17. The molecule has 1 atom stereocenters. The number of carboxylic acid groups (broad SMARTS) is 1. The third kappa shape index (κ3) is 5.39. The Hall–Kier alpha value is -3.26. The number of benzene rings is 2. The highest BCUT2D eigenvalue weighted by molar-refractivity contribution is 6.47. The van der Waals surface area contributed by atoms with Crippen LogP contribution in [-0.4, -0.2) is 45.7 Å². The fraction of sp³-hybridized carbons (Fsp3) is 0.333. The zero-order valence-corrected chi connectivity index (χ0v) is 19.3. The molecule has 2 amide bonds. The van der Waals surface area contributed by atoms with Crippen LogP contribution in [0.3, 0.4) is 0 Å². The average Bonchev–Trinajstić information content (AvgIpc) is 2.98. The number of carbonyl (C=O) groups excluding carboxylic acids is 2. The Morgan fingerprint density at radius 2 is 1.88 bits per heavy atom. The Morgan fingerprint density at radius 1 is 1.21 bits per heavy atom. The number of hydrogen-bond donors (Lipinski definition) is 2. The predicted octanol–water partition coefficient (Wildman–Crippen LogP) is 4.20. The van der Waals surface area contributed by atoms with Crippen molar-refractivity contribution >= 4 is 35.1 Å². The quantitative estimate of drug-likeness (QED) is 0.600. The molecule has 0 unspecified atom stereocenters. The van der Waals surface area contributed by atoms with Gasteiger partial charge in [0.25, 0.3) is 11.8 Å². The van der Waals surface area contributed by atoms with Gasteiger partial charge in [0, 0.05) is 22.7 Å². The number of aliphatic carboxylic acids is 1. The van der Waals surface area contributed by atoms with Gasteiger partial charge >= 0.3 is 5.97 Å². The molecule has 2 aromatic rings. The van der Waals surface area contributed by atoms with Gasteiger partial charge in [0.15, 0.2) is 0 Å². The summed E-state index contributed by atoms with van der Waals surface area (Å²) < 4.78 is 13.9. The van der Waals surface area contributed by atoms with Gasteiger partial charge in [-0.2, -0.15) is 0 Å². The molecule has 0 bridgehead atoms. The highest BCUT2D eigenvalue weighted by atomic mass is 35.5. The Labute approximate surface area is 196 Å². The van der Waals surface area contributed by atoms with Crippen molar-refractivity contribution in [2.24, 2.45) is 4.99 Å². The first-order chi connectivity index (χ1) is 15.5. The van der Waals surface area contributed by atoms with Crippen molar-refractivity contribution < 1.29 is 23.9 Å². The van der Waals surface area contributed by atoms with Crippen LogP contribution in [0.4, 0.5) is 4.39 Å². The maximum atomic E-state index is 13.9. The van der Waals surface area contributed by atoms with Gasteiger partial charge in [0.05, 0.1) is 12.5 Å². The van der Waals surface area contributed by atoms with Crippen LogP contribution in [-0.2, 0) is 9.59 Å². The lowest BCUT2D eigenvalue weighted by Gasteiger charge is -2.37. The second-order valence-corrected chi connectivity index (χ2v) is 8.67. The van der Waals surface area contributed by atoms with Crippen LogP contribution < -0.4 is 5.32 Å². The Balaban J connectivity index is 1.83. The molecule has 1 aliphatic rings. The molecule has 0 fully saturated rings. The first-order valence-electron chi connectivity index (χ1n) is 10.5. The van der Waals surface area contributed by atoms with E-state index in [1.807, 2.05) is 20.8 Å². The Kier molecular flexibility index (Phi) is 7.17. The summed E-state index contributed by atoms with van der Waals surface area (Å²) >= 11 is 5.98. The van der Waals surface area contributed by atoms with E-state index in [0.29, 0.717) is 17.5 Å². The van der Waals surface area contributed by atoms with Crippen LogP contribution in [0.15, 0.2) is 47.5 Å². The monoisotopic (exact) mass is 473 g/mol. The SMILES string of the molecule is CC[C@H](c1ccc(C(=O)NCCC(=O)O)cc1)N1C(=O)C(c2cc(F)cc(Cl)c2)=NC1(C)C. The van der Waals surface area contributed by atoms with Crippen LogP contribution in [0, 0.1) is 5.82 Å². The second-order valence-electron chi connectivity index (χ2n) is 8.23. The van der Waals surface area contributed by atoms with Crippen LogP contribution in [0.25, 0.3) is 0 Å². The van der Waals surface area contributed by atoms with Gasteiger partial charge < -0.3 is 15.3 Å². The van der Waals surface area contributed by atoms with E-state index < -0.39 is 17.4 Å². The van der Waals surface area contributed by atoms with Gasteiger partial charge in [-0.1, -0.05) is 30.7 Å². The zero-order valence-electron chi connectivity index (χ0n) is 18.6. The summed E-state index contributed by atoms with van der Waals surface area (Å²) in [6, 6.07) is 10.4. The summed E-state index contributed by atoms with van der Waals surface area (Å²) in [6.45, 7) is 5.60. The molecule has 7 nitrogen and oxygen atoms in total. The number of rotatable bonds is 8. The van der Waals surface area contributed by atoms with Crippen molar-refractivity contribution in [1.82, 2.24) is 10.2 Å². The molecular weight excluding hydrogens is 449 g/mol. The van der Waals surface area contributed by atoms with E-state index in [9.17, 15) is 18.8 Å². The Bertz CT molecular complexity index is 1090. The molecule has 1 aliphatic heterocycles. The normalized spacial score (nSPS) is 15.8. The van der Waals surface area contributed by atoms with E-state index >= 15 is 0 Å². The van der Waals surface area contributed by atoms with Gasteiger partial charge in [-0.15, -0.1) is 0 Å². The van der Waals surface area contributed by atoms with Crippen molar-refractivity contribution in [1.29, 1.82) is 0 Å². The number of halogens is 2. The Morgan fingerprint density at radius 3 is 2.45 bits per heavy atom. The number of amides is 2. The molecule has 0 radical (unpaired) electrons. The minimum absolute atomic E-state index is 0.0359. The van der Waals surface area contributed by atoms with Crippen molar-refractivity contribution in [3.8, 4) is 0 Å². The molecule has 2 aromatic carbocycles. The fourth-order valence-electron chi connectivity index (χ4n) is 3.95. The van der Waals surface area contributed by atoms with E-state index in [4.69, 9.17) is 16.7 Å². The largest absolute Gasteiger partial charge is 0.481 e. The third-order valence-electron chi connectivity index (χ3n) is 5.41. The van der Waals surface area contributed by atoms with E-state index in [1.165, 1.54) is 18.2 Å². The summed E-state index contributed by atoms with van der Waals surface area (Å²) in [4.78, 5) is 42.4. The maximum Gasteiger partial charge on any atom is 0.305 e. The topological polar surface area (TPSA) is 99.1 Å². The van der Waals surface area contributed by atoms with Gasteiger partial charge in [0.2, 0.25) is 0 Å². The minimum Gasteiger partial charge on any atom is -0.481 e. The van der Waals surface area contributed by atoms with Gasteiger partial charge in [-0.05, 0) is 56.2 Å². The summed E-state index contributed by atoms with van der Waals surface area (Å²) in [5.74, 6) is -2.24. The van der Waals surface area contributed by atoms with Crippen molar-refractivity contribution in [3.05, 3.63) is 70.0 Å². The number of carboxylic acids is 1. The van der Waals surface area contributed by atoms with E-state index in [-0.39, 0.29) is 41.6 Å². The number of nitrogens with one attached hydrogen (secondary N) is 1. The lowest BCUT2D eigenvalue weighted by atomic mass is 9.98. The van der Waals surface area contributed by atoms with Crippen molar-refractivity contribution in [2.45, 2.75) is 45.3 Å². The molecule has 174 valence electrons. The van der Waals surface area contributed by atoms with Crippen molar-refractivity contribution in [3.63, 3.8) is 0 Å². The predicted molar refractivity (Wildman–Crippen MR) is 123 cm³/mol. The molecule has 0 aliphatic carbocycles. The zero-order chi connectivity index (χ0) is 24.3. The van der Waals surface area contributed by atoms with Gasteiger partial charge in [0.1, 0.15) is 17.2 Å². The maximum absolute atomic E-state index is 13.9. The molecule has 33 heavy (non-hydrogen) atoms. The molecule has 0 saturated heterocycles. The lowest BCUT2D eigenvalue weighted by molar-refractivity contribution is -0.136. The molecule has 0 saturated carbocycles. The molecular formula is C24H25ClFN3O4. The highest BCUT2D eigenvalue weighted by Gasteiger charge is 2.44. The number of carbonyl (C=O) groups is 3. The first-order valence-corrected chi connectivity index (χ1v) is 10.9. The number of aliphatic imine (C=N–C) groups is 1. The van der Waals surface area contributed by atoms with Crippen LogP contribution >= 0.6 is 11.6 Å². The summed E-state index contributed by atoms with van der Waals surface area (Å²) in [6.07, 6.45) is 0.429. The summed E-state index contributed by atoms with van der Waals surface area (Å²) in [7, 11) is 0. The minimum atomic E-state index is -0.989. The molecule has 0 spiro atoms. The smallest absolute Gasteiger partial charge is 0.305 e. The molecule has 1 heterocycles. The average molecular weight is 474 g/mol. The molecule has 9 heteroatoms. The summed E-state index contributed by atoms with van der Waals surface area (Å²) in [5.41, 5.74) is 0.795. The number of nitrogens with zero attached hydrogens (tertiary/aromatic N) is 2. The molecule has 2 N–H and O–H groups in total. The van der Waals surface area contributed by atoms with Gasteiger partial charge in [-0.3, -0.25) is 19.4 Å². The van der Waals surface area contributed by atoms with E-state index in [2.05, 4.69) is 10.3 Å². The standard InChI is InChI=1S/C24H25ClFN3O4/c1-4-19(14-5-7-15(8-6-14)22(32)27-10-9-20(30)31)29-23(33)21(28-24(29,2)3)16-11-17(25)13-18(26)12-16/h5-8,11-13,19H,4,9-10H2,1-3H3,(H,27,32)(H,30,31)/t19-/m1/s1. The van der Waals surface area contributed by atoms with E-state index in [1.54, 1.807) is 29.2 Å². The first kappa shape index (κ1) is 24.4. The van der Waals surface area contributed by atoms with Crippen LogP contribution in [0.2, 0.25) is 5.02 Å². The molecule has 0 aromatic heterocycles. The van der Waals surface area contributed by atoms with E-state index in [0.717, 1.165) is 5.56 Å². The van der Waals surface area contributed by atoms with Crippen LogP contribution in [0.5, 0.6) is 0 Å². The lowest BCUT2D eigenvalue weighted by Crippen LogP contribution is -2.45. The van der Waals surface area contributed by atoms with Crippen molar-refractivity contribution in [2.75, 3.05) is 6.54 Å². The second kappa shape index (κ2) is 9.70. The number of hydrogen-bond acceptors (Lipinski definition) is 4. The molecule has 3 rings (SSSR count). The van der Waals surface area contributed by atoms with Crippen LogP contribution in [0.1, 0.15) is 61.1 Å². The van der Waals surface area contributed by atoms with Gasteiger partial charge in [-0.25, -0.2) is 4.39 Å². The summed E-state index contributed by atoms with van der Waals surface area (Å²) in [5, 5.41) is 11.4. The third-order valence-corrected chi connectivity index (χ3v) is 5.63.